The standard InChI is InChI=1S/C39H49N5O7/c1-42-30(27-29-11-4-3-5-12-29)28-51-35-16-9-6-13-31(35)37(46)40-19-10-25-50-34-15-8-7-14-32(34)38(47)41-33(17-18-36(42)45)39(48)44-22-20-43(21-23-44)24-26-49-2/h3-9,11-16,30,33H,10,17-28H2,1-2H3,(H,40,46)(H,41,47)/t30-,33-/m0/s1. The van der Waals surface area contributed by atoms with Gasteiger partial charge in [-0.15, -0.1) is 0 Å². The molecule has 5 rings (SSSR count). The van der Waals surface area contributed by atoms with E-state index in [4.69, 9.17) is 14.2 Å². The molecule has 2 atom stereocenters. The van der Waals surface area contributed by atoms with Crippen LogP contribution < -0.4 is 20.1 Å². The van der Waals surface area contributed by atoms with Crippen molar-refractivity contribution >= 4 is 23.6 Å². The molecule has 12 heteroatoms. The van der Waals surface area contributed by atoms with E-state index < -0.39 is 11.9 Å². The summed E-state index contributed by atoms with van der Waals surface area (Å²) in [6, 6.07) is 22.4. The SMILES string of the molecule is COCCN1CCN(C(=O)[C@@H]2CCC(=O)N(C)[C@@H](Cc3ccccc3)COc3ccccc3C(=O)NCCCOc3ccccc3C(=O)N2)CC1. The van der Waals surface area contributed by atoms with Crippen LogP contribution in [0.25, 0.3) is 0 Å². The van der Waals surface area contributed by atoms with Crippen LogP contribution in [0.15, 0.2) is 78.9 Å². The van der Waals surface area contributed by atoms with E-state index in [1.165, 1.54) is 0 Å². The molecule has 3 aromatic rings. The van der Waals surface area contributed by atoms with Crippen molar-refractivity contribution < 1.29 is 33.4 Å². The van der Waals surface area contributed by atoms with Crippen LogP contribution in [0, 0.1) is 0 Å². The third-order valence-electron chi connectivity index (χ3n) is 9.36. The van der Waals surface area contributed by atoms with Gasteiger partial charge in [-0.25, -0.2) is 0 Å². The summed E-state index contributed by atoms with van der Waals surface area (Å²) < 4.78 is 17.5. The number of fused-ring (bicyclic) bond motifs is 2. The van der Waals surface area contributed by atoms with E-state index in [1.54, 1.807) is 66.4 Å². The van der Waals surface area contributed by atoms with Gasteiger partial charge in [-0.2, -0.15) is 0 Å². The molecule has 3 aromatic carbocycles. The molecule has 12 nitrogen and oxygen atoms in total. The van der Waals surface area contributed by atoms with Gasteiger partial charge in [-0.05, 0) is 49.1 Å². The first-order chi connectivity index (χ1) is 24.8. The van der Waals surface area contributed by atoms with E-state index in [1.807, 2.05) is 36.4 Å². The Kier molecular flexibility index (Phi) is 13.8. The van der Waals surface area contributed by atoms with Crippen LogP contribution in [0.3, 0.4) is 0 Å². The highest BCUT2D eigenvalue weighted by atomic mass is 16.5. The second-order valence-corrected chi connectivity index (χ2v) is 12.8. The molecule has 51 heavy (non-hydrogen) atoms. The zero-order valence-electron chi connectivity index (χ0n) is 29.6. The van der Waals surface area contributed by atoms with E-state index in [2.05, 4.69) is 15.5 Å². The fraction of sp³-hybridized carbons (Fsp3) is 0.436. The summed E-state index contributed by atoms with van der Waals surface area (Å²) >= 11 is 0. The van der Waals surface area contributed by atoms with Crippen molar-refractivity contribution in [1.82, 2.24) is 25.3 Å². The molecular weight excluding hydrogens is 650 g/mol. The molecule has 2 N–H and O–H groups in total. The number of methoxy groups -OCH3 is 1. The number of hydrogen-bond acceptors (Lipinski definition) is 8. The fourth-order valence-electron chi connectivity index (χ4n) is 6.27. The zero-order chi connectivity index (χ0) is 36.0. The van der Waals surface area contributed by atoms with Crippen molar-refractivity contribution in [3.05, 3.63) is 95.6 Å². The smallest absolute Gasteiger partial charge is 0.255 e. The van der Waals surface area contributed by atoms with E-state index in [0.717, 1.165) is 12.1 Å². The second kappa shape index (κ2) is 18.9. The average molecular weight is 700 g/mol. The fourth-order valence-corrected chi connectivity index (χ4v) is 6.27. The number of benzene rings is 3. The number of nitrogens with zero attached hydrogens (tertiary/aromatic N) is 3. The number of piperazine rings is 1. The molecule has 2 aliphatic rings. The summed E-state index contributed by atoms with van der Waals surface area (Å²) in [4.78, 5) is 60.5. The second-order valence-electron chi connectivity index (χ2n) is 12.8. The monoisotopic (exact) mass is 699 g/mol. The van der Waals surface area contributed by atoms with Gasteiger partial charge in [0.2, 0.25) is 11.8 Å². The predicted octanol–water partition coefficient (Wildman–Crippen LogP) is 3.02. The highest BCUT2D eigenvalue weighted by Gasteiger charge is 2.31. The Balaban J connectivity index is 1.40. The molecule has 272 valence electrons. The first kappa shape index (κ1) is 37.3. The van der Waals surface area contributed by atoms with Gasteiger partial charge in [0, 0.05) is 59.8 Å². The molecule has 2 heterocycles. The molecule has 0 unspecified atom stereocenters. The third kappa shape index (κ3) is 10.5. The number of likely N-dealkylation sites (N-methyl/N-ethyl adjacent to an activating group) is 1. The maximum atomic E-state index is 14.0. The van der Waals surface area contributed by atoms with Gasteiger partial charge in [0.25, 0.3) is 11.8 Å². The number of carbonyl (C=O) groups excluding carboxylic acids is 4. The van der Waals surface area contributed by atoms with Crippen LogP contribution in [0.5, 0.6) is 11.5 Å². The Morgan fingerprint density at radius 1 is 0.843 bits per heavy atom. The predicted molar refractivity (Wildman–Crippen MR) is 193 cm³/mol. The van der Waals surface area contributed by atoms with E-state index in [0.29, 0.717) is 69.2 Å². The summed E-state index contributed by atoms with van der Waals surface area (Å²) in [6.07, 6.45) is 1.14. The molecule has 0 aliphatic carbocycles. The molecule has 0 aromatic heterocycles. The van der Waals surface area contributed by atoms with Gasteiger partial charge in [-0.1, -0.05) is 54.6 Å². The Morgan fingerprint density at radius 3 is 2.20 bits per heavy atom. The Morgan fingerprint density at radius 2 is 1.49 bits per heavy atom. The van der Waals surface area contributed by atoms with Crippen LogP contribution in [0.4, 0.5) is 0 Å². The van der Waals surface area contributed by atoms with Crippen molar-refractivity contribution in [2.45, 2.75) is 37.8 Å². The molecule has 1 saturated heterocycles. The lowest BCUT2D eigenvalue weighted by molar-refractivity contribution is -0.136. The number of carbonyl (C=O) groups is 4. The van der Waals surface area contributed by atoms with Crippen LogP contribution >= 0.6 is 0 Å². The van der Waals surface area contributed by atoms with Gasteiger partial charge in [-0.3, -0.25) is 24.1 Å². The van der Waals surface area contributed by atoms with Crippen molar-refractivity contribution in [3.63, 3.8) is 0 Å². The zero-order valence-corrected chi connectivity index (χ0v) is 29.6. The number of para-hydroxylation sites is 2. The maximum Gasteiger partial charge on any atom is 0.255 e. The molecule has 1 fully saturated rings. The molecule has 0 bridgehead atoms. The lowest BCUT2D eigenvalue weighted by atomic mass is 10.0. The minimum atomic E-state index is -0.926. The largest absolute Gasteiger partial charge is 0.493 e. The van der Waals surface area contributed by atoms with Gasteiger partial charge < -0.3 is 34.6 Å². The van der Waals surface area contributed by atoms with Crippen LogP contribution in [-0.4, -0.2) is 124 Å². The Labute approximate surface area is 300 Å². The van der Waals surface area contributed by atoms with Gasteiger partial charge in [0.15, 0.2) is 0 Å². The first-order valence-corrected chi connectivity index (χ1v) is 17.7. The minimum absolute atomic E-state index is 0.0173. The van der Waals surface area contributed by atoms with Gasteiger partial charge in [0.1, 0.15) is 24.1 Å². The highest BCUT2D eigenvalue weighted by Crippen LogP contribution is 2.22. The molecular formula is C39H49N5O7. The maximum absolute atomic E-state index is 14.0. The topological polar surface area (TPSA) is 130 Å². The Bertz CT molecular complexity index is 1610. The number of hydrogen-bond donors (Lipinski definition) is 2. The number of amides is 4. The third-order valence-corrected chi connectivity index (χ3v) is 9.36. The number of nitrogens with one attached hydrogen (secondary N) is 2. The van der Waals surface area contributed by atoms with E-state index in [9.17, 15) is 19.2 Å². The van der Waals surface area contributed by atoms with Gasteiger partial charge in [0.05, 0.1) is 30.4 Å². The molecule has 2 aliphatic heterocycles. The minimum Gasteiger partial charge on any atom is -0.493 e. The lowest BCUT2D eigenvalue weighted by Crippen LogP contribution is -2.55. The normalized spacial score (nSPS) is 20.2. The van der Waals surface area contributed by atoms with Crippen molar-refractivity contribution in [1.29, 1.82) is 0 Å². The first-order valence-electron chi connectivity index (χ1n) is 17.7. The molecule has 0 radical (unpaired) electrons. The summed E-state index contributed by atoms with van der Waals surface area (Å²) in [5, 5.41) is 5.87. The number of rotatable bonds is 6. The van der Waals surface area contributed by atoms with Crippen molar-refractivity contribution in [2.75, 3.05) is 73.2 Å². The van der Waals surface area contributed by atoms with Crippen LogP contribution in [0.2, 0.25) is 0 Å². The molecule has 4 amide bonds. The van der Waals surface area contributed by atoms with E-state index >= 15 is 0 Å². The Hall–Kier alpha value is -4.94. The van der Waals surface area contributed by atoms with E-state index in [-0.39, 0.29) is 55.4 Å². The lowest BCUT2D eigenvalue weighted by Gasteiger charge is -2.36. The molecule has 0 saturated carbocycles. The van der Waals surface area contributed by atoms with Crippen molar-refractivity contribution in [3.8, 4) is 11.5 Å². The van der Waals surface area contributed by atoms with Crippen LogP contribution in [-0.2, 0) is 20.7 Å². The summed E-state index contributed by atoms with van der Waals surface area (Å²) in [6.45, 7) is 4.53. The molecule has 0 spiro atoms. The quantitative estimate of drug-likeness (QED) is 0.402. The van der Waals surface area contributed by atoms with Gasteiger partial charge >= 0.3 is 0 Å². The number of ether oxygens (including phenoxy) is 3. The summed E-state index contributed by atoms with van der Waals surface area (Å²) in [7, 11) is 3.40. The van der Waals surface area contributed by atoms with Crippen molar-refractivity contribution in [2.24, 2.45) is 0 Å². The average Bonchev–Trinajstić information content (AvgIpc) is 3.16. The highest BCUT2D eigenvalue weighted by molar-refractivity contribution is 6.00. The summed E-state index contributed by atoms with van der Waals surface area (Å²) in [5.74, 6) is -0.368. The summed E-state index contributed by atoms with van der Waals surface area (Å²) in [5.41, 5.74) is 1.70. The van der Waals surface area contributed by atoms with Crippen LogP contribution in [0.1, 0.15) is 45.5 Å².